The molecule has 15 heavy (non-hydrogen) atoms. The van der Waals surface area contributed by atoms with E-state index in [1.54, 1.807) is 27.2 Å². The maximum Gasteiger partial charge on any atom is 0.164 e. The molecule has 4 N–H and O–H groups in total. The van der Waals surface area contributed by atoms with Crippen LogP contribution in [-0.4, -0.2) is 32.5 Å². The van der Waals surface area contributed by atoms with Crippen molar-refractivity contribution < 1.29 is 9.90 Å². The molecule has 0 aromatic heterocycles. The van der Waals surface area contributed by atoms with Gasteiger partial charge in [0.1, 0.15) is 5.69 Å². The number of rotatable bonds is 4. The first-order chi connectivity index (χ1) is 7.19. The van der Waals surface area contributed by atoms with Crippen LogP contribution in [0.5, 0.6) is 5.75 Å². The number of hydrogen-bond acceptors (Lipinski definition) is 5. The Balaban J connectivity index is 3.49. The normalized spacial score (nSPS) is 9.53. The van der Waals surface area contributed by atoms with E-state index in [2.05, 4.69) is 16.0 Å². The lowest BCUT2D eigenvalue weighted by atomic mass is 10.1. The number of aldehydes is 1. The van der Waals surface area contributed by atoms with E-state index in [1.165, 1.54) is 0 Å². The minimum Gasteiger partial charge on any atom is -0.504 e. The average Bonchev–Trinajstić information content (AvgIpc) is 2.28. The van der Waals surface area contributed by atoms with Gasteiger partial charge in [-0.15, -0.1) is 0 Å². The molecule has 0 amide bonds. The number of benzene rings is 1. The van der Waals surface area contributed by atoms with Gasteiger partial charge in [-0.2, -0.15) is 0 Å². The molecule has 0 bridgehead atoms. The summed E-state index contributed by atoms with van der Waals surface area (Å²) in [7, 11) is 5.06. The highest BCUT2D eigenvalue weighted by molar-refractivity contribution is 5.96. The number of carbonyl (C=O) groups excluding carboxylic acids is 1. The van der Waals surface area contributed by atoms with Gasteiger partial charge in [0.15, 0.2) is 12.0 Å². The van der Waals surface area contributed by atoms with Gasteiger partial charge in [-0.3, -0.25) is 4.79 Å². The molecule has 5 heteroatoms. The minimum atomic E-state index is 0.0925. The molecule has 0 atom stereocenters. The van der Waals surface area contributed by atoms with Crippen molar-refractivity contribution in [3.05, 3.63) is 11.6 Å². The van der Waals surface area contributed by atoms with Gasteiger partial charge in [0.2, 0.25) is 0 Å². The van der Waals surface area contributed by atoms with Crippen molar-refractivity contribution >= 4 is 23.3 Å². The number of anilines is 3. The lowest BCUT2D eigenvalue weighted by Gasteiger charge is -2.16. The quantitative estimate of drug-likeness (QED) is 0.445. The Morgan fingerprint density at radius 3 is 2.13 bits per heavy atom. The van der Waals surface area contributed by atoms with Gasteiger partial charge in [0.05, 0.1) is 11.4 Å². The molecular formula is C10H15N3O2. The molecular weight excluding hydrogens is 194 g/mol. The van der Waals surface area contributed by atoms with Gasteiger partial charge in [0, 0.05) is 26.7 Å². The average molecular weight is 209 g/mol. The summed E-state index contributed by atoms with van der Waals surface area (Å²) in [5, 5.41) is 18.4. The van der Waals surface area contributed by atoms with Crippen LogP contribution in [0.1, 0.15) is 10.4 Å². The van der Waals surface area contributed by atoms with Crippen molar-refractivity contribution in [2.75, 3.05) is 37.1 Å². The zero-order valence-corrected chi connectivity index (χ0v) is 9.01. The Labute approximate surface area is 88.5 Å². The lowest BCUT2D eigenvalue weighted by Crippen LogP contribution is -2.03. The minimum absolute atomic E-state index is 0.0925. The monoisotopic (exact) mass is 209 g/mol. The fourth-order valence-electron chi connectivity index (χ4n) is 1.49. The second kappa shape index (κ2) is 4.54. The van der Waals surface area contributed by atoms with Crippen LogP contribution in [0.4, 0.5) is 17.1 Å². The summed E-state index contributed by atoms with van der Waals surface area (Å²) in [4.78, 5) is 10.9. The van der Waals surface area contributed by atoms with E-state index in [1.807, 2.05) is 0 Å². The number of phenols is 1. The number of hydrogen-bond donors (Lipinski definition) is 4. The third kappa shape index (κ3) is 1.81. The molecule has 1 aromatic carbocycles. The molecule has 1 rings (SSSR count). The number of nitrogens with one attached hydrogen (secondary N) is 3. The fourth-order valence-corrected chi connectivity index (χ4v) is 1.49. The predicted molar refractivity (Wildman–Crippen MR) is 62.1 cm³/mol. The number of phenolic OH excluding ortho intramolecular Hbond substituents is 1. The molecule has 0 heterocycles. The maximum atomic E-state index is 10.9. The zero-order chi connectivity index (χ0) is 11.4. The van der Waals surface area contributed by atoms with Crippen LogP contribution in [0, 0.1) is 0 Å². The molecule has 82 valence electrons. The third-order valence-corrected chi connectivity index (χ3v) is 2.23. The molecule has 0 saturated carbocycles. The fraction of sp³-hybridized carbons (Fsp3) is 0.300. The van der Waals surface area contributed by atoms with Crippen molar-refractivity contribution in [3.63, 3.8) is 0 Å². The second-order valence-corrected chi connectivity index (χ2v) is 2.98. The summed E-state index contributed by atoms with van der Waals surface area (Å²) in [5.41, 5.74) is 2.10. The van der Waals surface area contributed by atoms with Gasteiger partial charge in [-0.1, -0.05) is 0 Å². The largest absolute Gasteiger partial charge is 0.504 e. The highest BCUT2D eigenvalue weighted by atomic mass is 16.3. The molecule has 0 radical (unpaired) electrons. The molecule has 0 aliphatic heterocycles. The zero-order valence-electron chi connectivity index (χ0n) is 9.01. The van der Waals surface area contributed by atoms with Crippen molar-refractivity contribution in [1.82, 2.24) is 0 Å². The molecule has 0 aliphatic rings. The smallest absolute Gasteiger partial charge is 0.164 e. The van der Waals surface area contributed by atoms with Crippen LogP contribution in [0.25, 0.3) is 0 Å². The van der Waals surface area contributed by atoms with E-state index >= 15 is 0 Å². The summed E-state index contributed by atoms with van der Waals surface area (Å²) in [6.07, 6.45) is 0.743. The standard InChI is InChI=1S/C10H15N3O2/c1-11-7-4-6(5-14)8(12-2)9(13-3)10(7)15/h4-5,11-13,15H,1-3H3. The molecule has 0 spiro atoms. The first-order valence-electron chi connectivity index (χ1n) is 4.58. The van der Waals surface area contributed by atoms with Gasteiger partial charge in [0.25, 0.3) is 0 Å². The predicted octanol–water partition coefficient (Wildman–Crippen LogP) is 1.33. The van der Waals surface area contributed by atoms with Crippen LogP contribution in [0.2, 0.25) is 0 Å². The maximum absolute atomic E-state index is 10.9. The molecule has 0 saturated heterocycles. The van der Waals surface area contributed by atoms with E-state index in [-0.39, 0.29) is 5.75 Å². The van der Waals surface area contributed by atoms with E-state index in [9.17, 15) is 9.90 Å². The van der Waals surface area contributed by atoms with Gasteiger partial charge >= 0.3 is 0 Å². The Morgan fingerprint density at radius 1 is 1.13 bits per heavy atom. The van der Waals surface area contributed by atoms with Crippen LogP contribution in [-0.2, 0) is 0 Å². The van der Waals surface area contributed by atoms with E-state index < -0.39 is 0 Å². The Bertz CT molecular complexity index is 377. The van der Waals surface area contributed by atoms with Crippen molar-refractivity contribution in [2.24, 2.45) is 0 Å². The Hall–Kier alpha value is -1.91. The van der Waals surface area contributed by atoms with Gasteiger partial charge in [-0.25, -0.2) is 0 Å². The van der Waals surface area contributed by atoms with Crippen LogP contribution in [0.15, 0.2) is 6.07 Å². The summed E-state index contributed by atoms with van der Waals surface area (Å²) in [6.45, 7) is 0. The summed E-state index contributed by atoms with van der Waals surface area (Å²) in [6, 6.07) is 1.59. The molecule has 1 aromatic rings. The van der Waals surface area contributed by atoms with E-state index in [0.29, 0.717) is 22.6 Å². The topological polar surface area (TPSA) is 73.4 Å². The highest BCUT2D eigenvalue weighted by Gasteiger charge is 2.14. The van der Waals surface area contributed by atoms with E-state index in [4.69, 9.17) is 0 Å². The van der Waals surface area contributed by atoms with Gasteiger partial charge in [-0.05, 0) is 6.07 Å². The second-order valence-electron chi connectivity index (χ2n) is 2.98. The summed E-state index contributed by atoms with van der Waals surface area (Å²) >= 11 is 0. The van der Waals surface area contributed by atoms with Crippen molar-refractivity contribution in [1.29, 1.82) is 0 Å². The molecule has 0 fully saturated rings. The van der Waals surface area contributed by atoms with Crippen molar-refractivity contribution in [3.8, 4) is 5.75 Å². The number of aromatic hydroxyl groups is 1. The summed E-state index contributed by atoms with van der Waals surface area (Å²) < 4.78 is 0. The van der Waals surface area contributed by atoms with Crippen LogP contribution in [0.3, 0.4) is 0 Å². The van der Waals surface area contributed by atoms with Gasteiger partial charge < -0.3 is 21.1 Å². The molecule has 0 unspecified atom stereocenters. The SMILES string of the molecule is CNc1cc(C=O)c(NC)c(NC)c1O. The lowest BCUT2D eigenvalue weighted by molar-refractivity contribution is 0.112. The number of carbonyl (C=O) groups is 1. The molecule has 5 nitrogen and oxygen atoms in total. The summed E-state index contributed by atoms with van der Waals surface area (Å²) in [5.74, 6) is 0.0925. The molecule has 0 aliphatic carbocycles. The Kier molecular flexibility index (Phi) is 3.38. The first kappa shape index (κ1) is 11.2. The Morgan fingerprint density at radius 2 is 1.73 bits per heavy atom. The third-order valence-electron chi connectivity index (χ3n) is 2.23. The highest BCUT2D eigenvalue weighted by Crippen LogP contribution is 2.39. The van der Waals surface area contributed by atoms with Crippen LogP contribution < -0.4 is 16.0 Å². The van der Waals surface area contributed by atoms with Crippen LogP contribution >= 0.6 is 0 Å². The van der Waals surface area contributed by atoms with E-state index in [0.717, 1.165) is 6.29 Å². The van der Waals surface area contributed by atoms with Crippen molar-refractivity contribution in [2.45, 2.75) is 0 Å². The first-order valence-corrected chi connectivity index (χ1v) is 4.58.